The maximum atomic E-state index is 10.7. The maximum Gasteiger partial charge on any atom is 0.274 e. The monoisotopic (exact) mass is 228 g/mol. The fourth-order valence-electron chi connectivity index (χ4n) is 1.34. The van der Waals surface area contributed by atoms with Crippen molar-refractivity contribution < 1.29 is 4.92 Å². The molecule has 0 aliphatic carbocycles. The summed E-state index contributed by atoms with van der Waals surface area (Å²) in [6, 6.07) is 4.71. The van der Waals surface area contributed by atoms with Crippen molar-refractivity contribution in [3.05, 3.63) is 38.9 Å². The van der Waals surface area contributed by atoms with E-state index in [-0.39, 0.29) is 11.7 Å². The van der Waals surface area contributed by atoms with Crippen molar-refractivity contribution in [2.75, 3.05) is 0 Å². The summed E-state index contributed by atoms with van der Waals surface area (Å²) in [5, 5.41) is 11.2. The summed E-state index contributed by atoms with van der Waals surface area (Å²) < 4.78 is 0. The standard InChI is InChI=1S/C10H13ClN2O2/c1-7(12)5-6-8-9(11)3-2-4-10(8)13(14)15/h2-4,7H,5-6,12H2,1H3/t7-/m1/s1. The van der Waals surface area contributed by atoms with Crippen molar-refractivity contribution >= 4 is 17.3 Å². The van der Waals surface area contributed by atoms with Crippen LogP contribution < -0.4 is 5.73 Å². The molecule has 4 nitrogen and oxygen atoms in total. The first-order chi connectivity index (χ1) is 7.02. The molecule has 2 N–H and O–H groups in total. The lowest BCUT2D eigenvalue weighted by Crippen LogP contribution is -2.15. The van der Waals surface area contributed by atoms with Crippen molar-refractivity contribution in [3.8, 4) is 0 Å². The normalized spacial score (nSPS) is 12.5. The van der Waals surface area contributed by atoms with Gasteiger partial charge in [0.25, 0.3) is 5.69 Å². The third-order valence-corrected chi connectivity index (χ3v) is 2.49. The van der Waals surface area contributed by atoms with Gasteiger partial charge in [-0.3, -0.25) is 10.1 Å². The fourth-order valence-corrected chi connectivity index (χ4v) is 1.60. The largest absolute Gasteiger partial charge is 0.328 e. The first-order valence-electron chi connectivity index (χ1n) is 4.69. The molecule has 0 spiro atoms. The van der Waals surface area contributed by atoms with E-state index in [4.69, 9.17) is 17.3 Å². The third kappa shape index (κ3) is 3.18. The predicted octanol–water partition coefficient (Wildman–Crippen LogP) is 2.53. The third-order valence-electron chi connectivity index (χ3n) is 2.14. The molecule has 0 bridgehead atoms. The van der Waals surface area contributed by atoms with Crippen LogP contribution in [-0.4, -0.2) is 11.0 Å². The summed E-state index contributed by atoms with van der Waals surface area (Å²) in [5.74, 6) is 0. The van der Waals surface area contributed by atoms with Gasteiger partial charge in [-0.15, -0.1) is 0 Å². The summed E-state index contributed by atoms with van der Waals surface area (Å²) in [5.41, 5.74) is 6.25. The molecule has 0 amide bonds. The van der Waals surface area contributed by atoms with Crippen molar-refractivity contribution in [3.63, 3.8) is 0 Å². The zero-order valence-corrected chi connectivity index (χ0v) is 9.20. The van der Waals surface area contributed by atoms with Crippen LogP contribution in [0.15, 0.2) is 18.2 Å². The molecule has 0 saturated carbocycles. The number of nitro benzene ring substituents is 1. The molecular weight excluding hydrogens is 216 g/mol. The van der Waals surface area contributed by atoms with E-state index in [0.29, 0.717) is 23.4 Å². The Kier molecular flexibility index (Phi) is 4.05. The summed E-state index contributed by atoms with van der Waals surface area (Å²) in [6.07, 6.45) is 1.22. The van der Waals surface area contributed by atoms with E-state index in [9.17, 15) is 10.1 Å². The van der Waals surface area contributed by atoms with Gasteiger partial charge >= 0.3 is 0 Å². The zero-order chi connectivity index (χ0) is 11.4. The average molecular weight is 229 g/mol. The lowest BCUT2D eigenvalue weighted by Gasteiger charge is -2.07. The number of nitrogens with zero attached hydrogens (tertiary/aromatic N) is 1. The highest BCUT2D eigenvalue weighted by Crippen LogP contribution is 2.27. The van der Waals surface area contributed by atoms with E-state index in [2.05, 4.69) is 0 Å². The number of hydrogen-bond acceptors (Lipinski definition) is 3. The Balaban J connectivity index is 2.97. The smallest absolute Gasteiger partial charge is 0.274 e. The van der Waals surface area contributed by atoms with Crippen LogP contribution in [0.3, 0.4) is 0 Å². The second kappa shape index (κ2) is 5.09. The van der Waals surface area contributed by atoms with Crippen LogP contribution in [0.1, 0.15) is 18.9 Å². The van der Waals surface area contributed by atoms with Crippen LogP contribution in [0.2, 0.25) is 5.02 Å². The molecule has 1 rings (SSSR count). The molecule has 1 aromatic rings. The molecule has 0 saturated heterocycles. The molecular formula is C10H13ClN2O2. The molecule has 0 heterocycles. The van der Waals surface area contributed by atoms with E-state index >= 15 is 0 Å². The number of rotatable bonds is 4. The zero-order valence-electron chi connectivity index (χ0n) is 8.44. The minimum atomic E-state index is -0.414. The van der Waals surface area contributed by atoms with Gasteiger partial charge < -0.3 is 5.73 Å². The van der Waals surface area contributed by atoms with Crippen LogP contribution in [-0.2, 0) is 6.42 Å². The molecule has 5 heteroatoms. The van der Waals surface area contributed by atoms with Gasteiger partial charge in [-0.25, -0.2) is 0 Å². The van der Waals surface area contributed by atoms with E-state index in [1.165, 1.54) is 6.07 Å². The van der Waals surface area contributed by atoms with Gasteiger partial charge in [0.1, 0.15) is 0 Å². The van der Waals surface area contributed by atoms with Gasteiger partial charge in [0, 0.05) is 17.7 Å². The number of halogens is 1. The quantitative estimate of drug-likeness (QED) is 0.636. The van der Waals surface area contributed by atoms with Crippen LogP contribution in [0.5, 0.6) is 0 Å². The summed E-state index contributed by atoms with van der Waals surface area (Å²) in [7, 11) is 0. The molecule has 82 valence electrons. The topological polar surface area (TPSA) is 69.2 Å². The molecule has 0 radical (unpaired) electrons. The maximum absolute atomic E-state index is 10.7. The number of hydrogen-bond donors (Lipinski definition) is 1. The second-order valence-corrected chi connectivity index (χ2v) is 3.92. The summed E-state index contributed by atoms with van der Waals surface area (Å²) in [6.45, 7) is 1.86. The molecule has 0 unspecified atom stereocenters. The molecule has 0 fully saturated rings. The van der Waals surface area contributed by atoms with E-state index in [1.807, 2.05) is 6.92 Å². The molecule has 0 aromatic heterocycles. The Labute approximate surface area is 93.2 Å². The van der Waals surface area contributed by atoms with E-state index < -0.39 is 4.92 Å². The highest BCUT2D eigenvalue weighted by atomic mass is 35.5. The average Bonchev–Trinajstić information content (AvgIpc) is 2.15. The Morgan fingerprint density at radius 1 is 1.60 bits per heavy atom. The highest BCUT2D eigenvalue weighted by Gasteiger charge is 2.16. The molecule has 0 aliphatic rings. The first-order valence-corrected chi connectivity index (χ1v) is 5.07. The van der Waals surface area contributed by atoms with Crippen LogP contribution >= 0.6 is 11.6 Å². The summed E-state index contributed by atoms with van der Waals surface area (Å²) in [4.78, 5) is 10.3. The molecule has 15 heavy (non-hydrogen) atoms. The Hall–Kier alpha value is -1.13. The first kappa shape index (κ1) is 11.9. The SMILES string of the molecule is C[C@@H](N)CCc1c(Cl)cccc1[N+](=O)[O-]. The Morgan fingerprint density at radius 3 is 2.80 bits per heavy atom. The number of benzene rings is 1. The molecule has 1 atom stereocenters. The summed E-state index contributed by atoms with van der Waals surface area (Å²) >= 11 is 5.91. The minimum absolute atomic E-state index is 0.0147. The van der Waals surface area contributed by atoms with Crippen molar-refractivity contribution in [1.82, 2.24) is 0 Å². The fraction of sp³-hybridized carbons (Fsp3) is 0.400. The van der Waals surface area contributed by atoms with Crippen molar-refractivity contribution in [1.29, 1.82) is 0 Å². The van der Waals surface area contributed by atoms with Crippen LogP contribution in [0.4, 0.5) is 5.69 Å². The van der Waals surface area contributed by atoms with Crippen LogP contribution in [0.25, 0.3) is 0 Å². The lowest BCUT2D eigenvalue weighted by molar-refractivity contribution is -0.385. The van der Waals surface area contributed by atoms with Crippen molar-refractivity contribution in [2.45, 2.75) is 25.8 Å². The van der Waals surface area contributed by atoms with Gasteiger partial charge in [0.05, 0.1) is 9.95 Å². The van der Waals surface area contributed by atoms with Crippen molar-refractivity contribution in [2.24, 2.45) is 5.73 Å². The van der Waals surface area contributed by atoms with Gasteiger partial charge in [-0.05, 0) is 25.8 Å². The van der Waals surface area contributed by atoms with E-state index in [0.717, 1.165) is 0 Å². The van der Waals surface area contributed by atoms with Gasteiger partial charge in [0.2, 0.25) is 0 Å². The van der Waals surface area contributed by atoms with Gasteiger partial charge in [-0.1, -0.05) is 17.7 Å². The minimum Gasteiger partial charge on any atom is -0.328 e. The lowest BCUT2D eigenvalue weighted by atomic mass is 10.0. The predicted molar refractivity (Wildman–Crippen MR) is 60.1 cm³/mol. The van der Waals surface area contributed by atoms with Gasteiger partial charge in [0.15, 0.2) is 0 Å². The Morgan fingerprint density at radius 2 is 2.27 bits per heavy atom. The Bertz CT molecular complexity index is 366. The van der Waals surface area contributed by atoms with E-state index in [1.54, 1.807) is 12.1 Å². The highest BCUT2D eigenvalue weighted by molar-refractivity contribution is 6.31. The van der Waals surface area contributed by atoms with Crippen LogP contribution in [0, 0.1) is 10.1 Å². The number of nitrogens with two attached hydrogens (primary N) is 1. The molecule has 0 aliphatic heterocycles. The number of nitro groups is 1. The van der Waals surface area contributed by atoms with Gasteiger partial charge in [-0.2, -0.15) is 0 Å². The molecule has 1 aromatic carbocycles. The second-order valence-electron chi connectivity index (χ2n) is 3.51.